The van der Waals surface area contributed by atoms with E-state index < -0.39 is 0 Å². The Labute approximate surface area is 123 Å². The molecule has 1 fully saturated rings. The van der Waals surface area contributed by atoms with Gasteiger partial charge in [0.1, 0.15) is 12.4 Å². The largest absolute Gasteiger partial charge is 0.491 e. The molecule has 1 amide bonds. The van der Waals surface area contributed by atoms with Gasteiger partial charge in [-0.2, -0.15) is 0 Å². The van der Waals surface area contributed by atoms with Gasteiger partial charge in [-0.15, -0.1) is 0 Å². The molecule has 0 heterocycles. The molecule has 0 radical (unpaired) electrons. The van der Waals surface area contributed by atoms with E-state index in [1.165, 1.54) is 0 Å². The third kappa shape index (κ3) is 4.79. The summed E-state index contributed by atoms with van der Waals surface area (Å²) < 4.78 is 10.4. The van der Waals surface area contributed by atoms with Crippen LogP contribution in [0.1, 0.15) is 12.8 Å². The van der Waals surface area contributed by atoms with Crippen molar-refractivity contribution in [1.82, 2.24) is 5.32 Å². The molecule has 0 aromatic heterocycles. The fourth-order valence-electron chi connectivity index (χ4n) is 1.63. The molecule has 5 nitrogen and oxygen atoms in total. The van der Waals surface area contributed by atoms with Crippen LogP contribution in [0.4, 0.5) is 5.69 Å². The number of hydrogen-bond donors (Lipinski definition) is 2. The molecule has 108 valence electrons. The topological polar surface area (TPSA) is 59.6 Å². The molecule has 1 aromatic rings. The van der Waals surface area contributed by atoms with E-state index in [1.807, 2.05) is 24.3 Å². The molecule has 2 N–H and O–H groups in total. The maximum Gasteiger partial charge on any atom is 0.229 e. The van der Waals surface area contributed by atoms with Crippen LogP contribution in [-0.2, 0) is 9.53 Å². The van der Waals surface area contributed by atoms with Crippen LogP contribution in [0.2, 0.25) is 0 Å². The Balaban J connectivity index is 1.83. The molecular formula is C14H18N2O3S. The SMILES string of the molecule is COCCOc1cccc(NC(=S)NC(=O)C2CC2)c1. The van der Waals surface area contributed by atoms with E-state index in [4.69, 9.17) is 21.7 Å². The van der Waals surface area contributed by atoms with E-state index in [-0.39, 0.29) is 11.8 Å². The Bertz CT molecular complexity index is 489. The van der Waals surface area contributed by atoms with Gasteiger partial charge < -0.3 is 20.1 Å². The monoisotopic (exact) mass is 294 g/mol. The van der Waals surface area contributed by atoms with Crippen molar-refractivity contribution in [2.24, 2.45) is 5.92 Å². The summed E-state index contributed by atoms with van der Waals surface area (Å²) in [5.74, 6) is 0.858. The van der Waals surface area contributed by atoms with Crippen LogP contribution in [0, 0.1) is 5.92 Å². The number of anilines is 1. The summed E-state index contributed by atoms with van der Waals surface area (Å²) in [6.07, 6.45) is 1.91. The average Bonchev–Trinajstić information content (AvgIpc) is 3.23. The van der Waals surface area contributed by atoms with E-state index in [2.05, 4.69) is 10.6 Å². The second-order valence-electron chi connectivity index (χ2n) is 4.59. The van der Waals surface area contributed by atoms with Gasteiger partial charge >= 0.3 is 0 Å². The first-order valence-electron chi connectivity index (χ1n) is 6.52. The zero-order chi connectivity index (χ0) is 14.4. The van der Waals surface area contributed by atoms with Gasteiger partial charge in [0, 0.05) is 24.8 Å². The molecule has 0 atom stereocenters. The predicted octanol–water partition coefficient (Wildman–Crippen LogP) is 1.93. The molecule has 6 heteroatoms. The highest BCUT2D eigenvalue weighted by Crippen LogP contribution is 2.28. The van der Waals surface area contributed by atoms with Crippen LogP contribution in [-0.4, -0.2) is 31.3 Å². The average molecular weight is 294 g/mol. The van der Waals surface area contributed by atoms with Crippen molar-refractivity contribution in [3.63, 3.8) is 0 Å². The fourth-order valence-corrected chi connectivity index (χ4v) is 1.85. The summed E-state index contributed by atoms with van der Waals surface area (Å²) in [5, 5.41) is 5.97. The van der Waals surface area contributed by atoms with Crippen LogP contribution in [0.25, 0.3) is 0 Å². The summed E-state index contributed by atoms with van der Waals surface area (Å²) in [4.78, 5) is 11.6. The van der Waals surface area contributed by atoms with Gasteiger partial charge in [-0.3, -0.25) is 4.79 Å². The van der Waals surface area contributed by atoms with Gasteiger partial charge in [0.05, 0.1) is 6.61 Å². The van der Waals surface area contributed by atoms with Crippen molar-refractivity contribution < 1.29 is 14.3 Å². The highest BCUT2D eigenvalue weighted by atomic mass is 32.1. The highest BCUT2D eigenvalue weighted by molar-refractivity contribution is 7.80. The van der Waals surface area contributed by atoms with Gasteiger partial charge in [-0.25, -0.2) is 0 Å². The Morgan fingerprint density at radius 2 is 2.20 bits per heavy atom. The molecule has 1 aromatic carbocycles. The van der Waals surface area contributed by atoms with Crippen molar-refractivity contribution >= 4 is 28.9 Å². The number of carbonyl (C=O) groups excluding carboxylic acids is 1. The Morgan fingerprint density at radius 3 is 2.90 bits per heavy atom. The van der Waals surface area contributed by atoms with Crippen molar-refractivity contribution in [2.75, 3.05) is 25.6 Å². The molecule has 0 aliphatic heterocycles. The number of methoxy groups -OCH3 is 1. The maximum absolute atomic E-state index is 11.6. The third-order valence-corrected chi connectivity index (χ3v) is 3.04. The minimum atomic E-state index is -0.00463. The van der Waals surface area contributed by atoms with Gasteiger partial charge in [-0.05, 0) is 37.2 Å². The van der Waals surface area contributed by atoms with E-state index in [9.17, 15) is 4.79 Å². The fraction of sp³-hybridized carbons (Fsp3) is 0.429. The van der Waals surface area contributed by atoms with Crippen molar-refractivity contribution in [2.45, 2.75) is 12.8 Å². The lowest BCUT2D eigenvalue weighted by Crippen LogP contribution is -2.35. The molecule has 1 aliphatic rings. The lowest BCUT2D eigenvalue weighted by Gasteiger charge is -2.11. The molecule has 0 bridgehead atoms. The lowest BCUT2D eigenvalue weighted by atomic mass is 10.3. The molecule has 0 spiro atoms. The number of benzene rings is 1. The Kier molecular flexibility index (Phi) is 5.31. The van der Waals surface area contributed by atoms with E-state index in [0.717, 1.165) is 24.3 Å². The van der Waals surface area contributed by atoms with Gasteiger partial charge in [0.25, 0.3) is 0 Å². The summed E-state index contributed by atoms with van der Waals surface area (Å²) in [6, 6.07) is 7.40. The number of amides is 1. The number of carbonyl (C=O) groups is 1. The molecule has 2 rings (SSSR count). The van der Waals surface area contributed by atoms with Crippen LogP contribution in [0.5, 0.6) is 5.75 Å². The minimum absolute atomic E-state index is 0.00463. The second-order valence-corrected chi connectivity index (χ2v) is 4.99. The van der Waals surface area contributed by atoms with Crippen molar-refractivity contribution in [1.29, 1.82) is 0 Å². The van der Waals surface area contributed by atoms with Crippen LogP contribution in [0.3, 0.4) is 0 Å². The Morgan fingerprint density at radius 1 is 1.40 bits per heavy atom. The van der Waals surface area contributed by atoms with E-state index >= 15 is 0 Å². The van der Waals surface area contributed by atoms with Crippen molar-refractivity contribution in [3.05, 3.63) is 24.3 Å². The summed E-state index contributed by atoms with van der Waals surface area (Å²) in [6.45, 7) is 1.02. The van der Waals surface area contributed by atoms with Gasteiger partial charge in [0.15, 0.2) is 5.11 Å². The number of hydrogen-bond acceptors (Lipinski definition) is 4. The number of ether oxygens (including phenoxy) is 2. The molecule has 20 heavy (non-hydrogen) atoms. The predicted molar refractivity (Wildman–Crippen MR) is 80.9 cm³/mol. The third-order valence-electron chi connectivity index (χ3n) is 2.83. The van der Waals surface area contributed by atoms with Crippen molar-refractivity contribution in [3.8, 4) is 5.75 Å². The lowest BCUT2D eigenvalue weighted by molar-refractivity contribution is -0.120. The van der Waals surface area contributed by atoms with Gasteiger partial charge in [0.2, 0.25) is 5.91 Å². The van der Waals surface area contributed by atoms with Crippen LogP contribution in [0.15, 0.2) is 24.3 Å². The molecule has 1 saturated carbocycles. The molecular weight excluding hydrogens is 276 g/mol. The molecule has 0 unspecified atom stereocenters. The van der Waals surface area contributed by atoms with E-state index in [0.29, 0.717) is 18.3 Å². The van der Waals surface area contributed by atoms with Gasteiger partial charge in [-0.1, -0.05) is 6.07 Å². The quantitative estimate of drug-likeness (QED) is 0.620. The second kappa shape index (κ2) is 7.21. The zero-order valence-electron chi connectivity index (χ0n) is 11.3. The smallest absolute Gasteiger partial charge is 0.229 e. The van der Waals surface area contributed by atoms with E-state index in [1.54, 1.807) is 7.11 Å². The molecule has 1 aliphatic carbocycles. The number of rotatable bonds is 6. The normalized spacial score (nSPS) is 13.7. The van der Waals surface area contributed by atoms with Crippen LogP contribution >= 0.6 is 12.2 Å². The van der Waals surface area contributed by atoms with Crippen LogP contribution < -0.4 is 15.4 Å². The summed E-state index contributed by atoms with van der Waals surface area (Å²) in [5.41, 5.74) is 0.779. The minimum Gasteiger partial charge on any atom is -0.491 e. The first-order valence-corrected chi connectivity index (χ1v) is 6.93. The Hall–Kier alpha value is -1.66. The summed E-state index contributed by atoms with van der Waals surface area (Å²) in [7, 11) is 1.63. The number of thiocarbonyl (C=S) groups is 1. The standard InChI is InChI=1S/C14H18N2O3S/c1-18-7-8-19-12-4-2-3-11(9-12)15-14(20)16-13(17)10-5-6-10/h2-4,9-10H,5-8H2,1H3,(H2,15,16,17,20). The summed E-state index contributed by atoms with van der Waals surface area (Å²) >= 11 is 5.10. The number of nitrogens with one attached hydrogen (secondary N) is 2. The zero-order valence-corrected chi connectivity index (χ0v) is 12.2. The maximum atomic E-state index is 11.6. The molecule has 0 saturated heterocycles. The first kappa shape index (κ1) is 14.7. The first-order chi connectivity index (χ1) is 9.69. The highest BCUT2D eigenvalue weighted by Gasteiger charge is 2.29.